The van der Waals surface area contributed by atoms with Crippen molar-refractivity contribution in [3.8, 4) is 0 Å². The Morgan fingerprint density at radius 2 is 1.89 bits per heavy atom. The van der Waals surface area contributed by atoms with Gasteiger partial charge >= 0.3 is 0 Å². The highest BCUT2D eigenvalue weighted by Gasteiger charge is 2.15. The van der Waals surface area contributed by atoms with Gasteiger partial charge in [0.25, 0.3) is 0 Å². The van der Waals surface area contributed by atoms with Crippen molar-refractivity contribution in [3.05, 3.63) is 34.9 Å². The fraction of sp³-hybridized carbons (Fsp3) is 0.647. The molecule has 0 unspecified atom stereocenters. The number of likely N-dealkylation sites (tertiary alicyclic amines) is 1. The molecule has 0 atom stereocenters. The molecule has 1 heterocycles. The molecule has 1 aliphatic rings. The molecule has 2 nitrogen and oxygen atoms in total. The molecule has 106 valence electrons. The van der Waals surface area contributed by atoms with Gasteiger partial charge in [0.1, 0.15) is 0 Å². The first-order valence-corrected chi connectivity index (χ1v) is 7.60. The van der Waals surface area contributed by atoms with Crippen LogP contribution in [0, 0.1) is 19.8 Å². The van der Waals surface area contributed by atoms with E-state index in [9.17, 15) is 0 Å². The van der Waals surface area contributed by atoms with E-state index >= 15 is 0 Å². The zero-order valence-corrected chi connectivity index (χ0v) is 12.7. The second-order valence-electron chi connectivity index (χ2n) is 6.13. The van der Waals surface area contributed by atoms with Gasteiger partial charge in [-0.25, -0.2) is 0 Å². The Labute approximate surface area is 118 Å². The lowest BCUT2D eigenvalue weighted by Crippen LogP contribution is -2.31. The highest BCUT2D eigenvalue weighted by Crippen LogP contribution is 2.18. The molecule has 0 saturated carbocycles. The summed E-state index contributed by atoms with van der Waals surface area (Å²) in [7, 11) is 2.23. The van der Waals surface area contributed by atoms with E-state index in [4.69, 9.17) is 0 Å². The van der Waals surface area contributed by atoms with Gasteiger partial charge in [-0.05, 0) is 82.4 Å². The SMILES string of the molecule is Cc1ccc(CNCCC2CCN(C)CC2)cc1C. The third kappa shape index (κ3) is 4.63. The fourth-order valence-electron chi connectivity index (χ4n) is 2.80. The molecular formula is C17H28N2. The summed E-state index contributed by atoms with van der Waals surface area (Å²) in [6, 6.07) is 6.77. The van der Waals surface area contributed by atoms with E-state index in [2.05, 4.69) is 49.3 Å². The molecule has 1 aromatic carbocycles. The second kappa shape index (κ2) is 7.06. The first-order chi connectivity index (χ1) is 9.15. The Bertz CT molecular complexity index is 392. The van der Waals surface area contributed by atoms with Gasteiger partial charge in [0.05, 0.1) is 0 Å². The third-order valence-corrected chi connectivity index (χ3v) is 4.47. The Morgan fingerprint density at radius 3 is 2.58 bits per heavy atom. The van der Waals surface area contributed by atoms with Gasteiger partial charge < -0.3 is 10.2 Å². The maximum atomic E-state index is 3.59. The number of piperidine rings is 1. The highest BCUT2D eigenvalue weighted by molar-refractivity contribution is 5.29. The summed E-state index contributed by atoms with van der Waals surface area (Å²) in [5, 5.41) is 3.59. The Morgan fingerprint density at radius 1 is 1.16 bits per heavy atom. The first kappa shape index (κ1) is 14.5. The Kier molecular flexibility index (Phi) is 5.41. The molecule has 0 amide bonds. The lowest BCUT2D eigenvalue weighted by Gasteiger charge is -2.28. The minimum atomic E-state index is 0.934. The van der Waals surface area contributed by atoms with Crippen LogP contribution in [0.3, 0.4) is 0 Å². The maximum Gasteiger partial charge on any atom is 0.0205 e. The molecule has 1 N–H and O–H groups in total. The van der Waals surface area contributed by atoms with Crippen LogP contribution in [0.4, 0.5) is 0 Å². The quantitative estimate of drug-likeness (QED) is 0.818. The predicted octanol–water partition coefficient (Wildman–Crippen LogP) is 3.12. The van der Waals surface area contributed by atoms with Crippen molar-refractivity contribution in [1.29, 1.82) is 0 Å². The minimum Gasteiger partial charge on any atom is -0.313 e. The Balaban J connectivity index is 1.65. The number of nitrogens with zero attached hydrogens (tertiary/aromatic N) is 1. The number of hydrogen-bond acceptors (Lipinski definition) is 2. The molecule has 1 aromatic rings. The van der Waals surface area contributed by atoms with Crippen LogP contribution in [-0.2, 0) is 6.54 Å². The van der Waals surface area contributed by atoms with E-state index < -0.39 is 0 Å². The first-order valence-electron chi connectivity index (χ1n) is 7.60. The molecule has 1 fully saturated rings. The summed E-state index contributed by atoms with van der Waals surface area (Å²) < 4.78 is 0. The van der Waals surface area contributed by atoms with E-state index in [1.54, 1.807) is 0 Å². The van der Waals surface area contributed by atoms with Crippen molar-refractivity contribution in [1.82, 2.24) is 10.2 Å². The number of aryl methyl sites for hydroxylation is 2. The van der Waals surface area contributed by atoms with Crippen LogP contribution in [0.2, 0.25) is 0 Å². The van der Waals surface area contributed by atoms with Gasteiger partial charge in [-0.2, -0.15) is 0 Å². The van der Waals surface area contributed by atoms with Gasteiger partial charge in [-0.3, -0.25) is 0 Å². The molecule has 0 aromatic heterocycles. The van der Waals surface area contributed by atoms with E-state index in [-0.39, 0.29) is 0 Å². The molecular weight excluding hydrogens is 232 g/mol. The molecule has 0 aliphatic carbocycles. The van der Waals surface area contributed by atoms with Crippen molar-refractivity contribution in [2.24, 2.45) is 5.92 Å². The van der Waals surface area contributed by atoms with Gasteiger partial charge in [-0.15, -0.1) is 0 Å². The molecule has 1 aliphatic heterocycles. The van der Waals surface area contributed by atoms with Crippen LogP contribution in [0.25, 0.3) is 0 Å². The van der Waals surface area contributed by atoms with Crippen LogP contribution < -0.4 is 5.32 Å². The molecule has 2 rings (SSSR count). The monoisotopic (exact) mass is 260 g/mol. The number of rotatable bonds is 5. The summed E-state index contributed by atoms with van der Waals surface area (Å²) in [6.45, 7) is 9.09. The van der Waals surface area contributed by atoms with Crippen LogP contribution >= 0.6 is 0 Å². The van der Waals surface area contributed by atoms with Crippen molar-refractivity contribution < 1.29 is 0 Å². The molecule has 1 saturated heterocycles. The fourth-order valence-corrected chi connectivity index (χ4v) is 2.80. The number of benzene rings is 1. The van der Waals surface area contributed by atoms with Crippen molar-refractivity contribution in [2.45, 2.75) is 39.7 Å². The zero-order valence-electron chi connectivity index (χ0n) is 12.7. The molecule has 0 bridgehead atoms. The van der Waals surface area contributed by atoms with Crippen LogP contribution in [0.1, 0.15) is 36.0 Å². The van der Waals surface area contributed by atoms with E-state index in [1.807, 2.05) is 0 Å². The highest BCUT2D eigenvalue weighted by atomic mass is 15.1. The van der Waals surface area contributed by atoms with Crippen LogP contribution in [-0.4, -0.2) is 31.6 Å². The van der Waals surface area contributed by atoms with Crippen molar-refractivity contribution >= 4 is 0 Å². The van der Waals surface area contributed by atoms with Crippen LogP contribution in [0.15, 0.2) is 18.2 Å². The number of nitrogens with one attached hydrogen (secondary N) is 1. The van der Waals surface area contributed by atoms with Crippen molar-refractivity contribution in [2.75, 3.05) is 26.7 Å². The topological polar surface area (TPSA) is 15.3 Å². The summed E-state index contributed by atoms with van der Waals surface area (Å²) in [5.74, 6) is 0.934. The summed E-state index contributed by atoms with van der Waals surface area (Å²) in [6.07, 6.45) is 4.09. The van der Waals surface area contributed by atoms with Gasteiger partial charge in [-0.1, -0.05) is 18.2 Å². The zero-order chi connectivity index (χ0) is 13.7. The van der Waals surface area contributed by atoms with Crippen molar-refractivity contribution in [3.63, 3.8) is 0 Å². The molecule has 0 radical (unpaired) electrons. The van der Waals surface area contributed by atoms with Gasteiger partial charge in [0.15, 0.2) is 0 Å². The summed E-state index contributed by atoms with van der Waals surface area (Å²) in [5.41, 5.74) is 4.19. The lowest BCUT2D eigenvalue weighted by atomic mass is 9.94. The van der Waals surface area contributed by atoms with Gasteiger partial charge in [0.2, 0.25) is 0 Å². The lowest BCUT2D eigenvalue weighted by molar-refractivity contribution is 0.211. The Hall–Kier alpha value is -0.860. The third-order valence-electron chi connectivity index (χ3n) is 4.47. The maximum absolute atomic E-state index is 3.59. The van der Waals surface area contributed by atoms with Gasteiger partial charge in [0, 0.05) is 6.54 Å². The molecule has 2 heteroatoms. The second-order valence-corrected chi connectivity index (χ2v) is 6.13. The standard InChI is InChI=1S/C17H28N2/c1-14-4-5-17(12-15(14)2)13-18-9-6-16-7-10-19(3)11-8-16/h4-5,12,16,18H,6-11,13H2,1-3H3. The largest absolute Gasteiger partial charge is 0.313 e. The summed E-state index contributed by atoms with van der Waals surface area (Å²) >= 11 is 0. The molecule has 19 heavy (non-hydrogen) atoms. The van der Waals surface area contributed by atoms with E-state index in [0.717, 1.165) is 19.0 Å². The summed E-state index contributed by atoms with van der Waals surface area (Å²) in [4.78, 5) is 2.44. The minimum absolute atomic E-state index is 0.934. The van der Waals surface area contributed by atoms with E-state index in [0.29, 0.717) is 0 Å². The smallest absolute Gasteiger partial charge is 0.0205 e. The average molecular weight is 260 g/mol. The number of hydrogen-bond donors (Lipinski definition) is 1. The van der Waals surface area contributed by atoms with Crippen LogP contribution in [0.5, 0.6) is 0 Å². The normalized spacial score (nSPS) is 17.8. The van der Waals surface area contributed by atoms with E-state index in [1.165, 1.54) is 49.0 Å². The molecule has 0 spiro atoms. The average Bonchev–Trinajstić information content (AvgIpc) is 2.41. The predicted molar refractivity (Wildman–Crippen MR) is 82.5 cm³/mol.